The summed E-state index contributed by atoms with van der Waals surface area (Å²) in [7, 11) is 1.87. The van der Waals surface area contributed by atoms with Gasteiger partial charge < -0.3 is 14.4 Å². The number of aryl methyl sites for hydroxylation is 2. The summed E-state index contributed by atoms with van der Waals surface area (Å²) in [4.78, 5) is 18.9. The van der Waals surface area contributed by atoms with E-state index < -0.39 is 31.3 Å². The molecule has 2 aromatic carbocycles. The number of anilines is 1. The lowest BCUT2D eigenvalue weighted by Gasteiger charge is -2.44. The highest BCUT2D eigenvalue weighted by molar-refractivity contribution is 6.03. The number of imidazole rings is 1. The minimum absolute atomic E-state index is 0.285. The Morgan fingerprint density at radius 1 is 1.23 bits per heavy atom. The summed E-state index contributed by atoms with van der Waals surface area (Å²) in [6, 6.07) is 11.7. The molecule has 30 heavy (non-hydrogen) atoms. The molecule has 1 aliphatic rings. The summed E-state index contributed by atoms with van der Waals surface area (Å²) in [6.07, 6.45) is -4.94. The highest BCUT2D eigenvalue weighted by Crippen LogP contribution is 2.48. The van der Waals surface area contributed by atoms with E-state index in [1.807, 2.05) is 24.6 Å². The van der Waals surface area contributed by atoms with Crippen molar-refractivity contribution in [3.8, 4) is 0 Å². The van der Waals surface area contributed by atoms with Gasteiger partial charge in [-0.05, 0) is 18.6 Å². The fourth-order valence-corrected chi connectivity index (χ4v) is 4.22. The van der Waals surface area contributed by atoms with E-state index in [0.717, 1.165) is 11.3 Å². The van der Waals surface area contributed by atoms with Crippen molar-refractivity contribution in [3.63, 3.8) is 0 Å². The fourth-order valence-electron chi connectivity index (χ4n) is 4.22. The Kier molecular flexibility index (Phi) is 5.29. The topological polar surface area (TPSA) is 67.6 Å². The van der Waals surface area contributed by atoms with E-state index in [4.69, 9.17) is 4.74 Å². The molecule has 3 unspecified atom stereocenters. The number of halogens is 2. The van der Waals surface area contributed by atoms with Gasteiger partial charge in [-0.15, -0.1) is 0 Å². The molecule has 2 heterocycles. The molecule has 6 nitrogen and oxygen atoms in total. The van der Waals surface area contributed by atoms with Gasteiger partial charge in [0.05, 0.1) is 17.2 Å². The first kappa shape index (κ1) is 20.4. The van der Waals surface area contributed by atoms with Crippen LogP contribution in [-0.4, -0.2) is 39.7 Å². The van der Waals surface area contributed by atoms with E-state index in [1.54, 1.807) is 36.4 Å². The number of rotatable bonds is 4. The molecule has 1 aromatic heterocycles. The number of nitrogens with zero attached hydrogens (tertiary/aromatic N) is 3. The molecule has 4 rings (SSSR count). The Labute approximate surface area is 172 Å². The second kappa shape index (κ2) is 7.77. The van der Waals surface area contributed by atoms with Crippen LogP contribution in [0.3, 0.4) is 0 Å². The number of fused-ring (bicyclic) bond motifs is 3. The van der Waals surface area contributed by atoms with Crippen LogP contribution in [0.5, 0.6) is 0 Å². The number of alkyl halides is 2. The van der Waals surface area contributed by atoms with Gasteiger partial charge in [0.2, 0.25) is 5.91 Å². The molecular formula is C22H23F2N3O3. The molecule has 1 amide bonds. The highest BCUT2D eigenvalue weighted by Gasteiger charge is 2.45. The standard InChI is InChI=1S/C22H23F2N3O3/c1-12-25-18-16(26(12)3)10-9-15-20(18)27(13(2)28)19(14-7-5-4-6-8-14)21(29)22(15)30-11-17(23)24/h4-10,17,19,21-22,29H,11H2,1-3H3. The number of carbonyl (C=O) groups excluding carboxylic acids is 1. The number of aliphatic hydroxyl groups is 1. The molecule has 0 aliphatic carbocycles. The lowest BCUT2D eigenvalue weighted by Crippen LogP contribution is -2.47. The van der Waals surface area contributed by atoms with Crippen molar-refractivity contribution in [2.24, 2.45) is 7.05 Å². The maximum Gasteiger partial charge on any atom is 0.261 e. The normalized spacial score (nSPS) is 21.3. The van der Waals surface area contributed by atoms with Crippen molar-refractivity contribution in [1.29, 1.82) is 0 Å². The van der Waals surface area contributed by atoms with Crippen molar-refractivity contribution in [1.82, 2.24) is 9.55 Å². The Bertz CT molecular complexity index is 1080. The number of amides is 1. The van der Waals surface area contributed by atoms with E-state index in [-0.39, 0.29) is 5.91 Å². The first-order chi connectivity index (χ1) is 14.3. The summed E-state index contributed by atoms with van der Waals surface area (Å²) in [5.74, 6) is 0.460. The Morgan fingerprint density at radius 3 is 2.57 bits per heavy atom. The van der Waals surface area contributed by atoms with Crippen LogP contribution in [0.1, 0.15) is 36.0 Å². The Hall–Kier alpha value is -2.84. The first-order valence-electron chi connectivity index (χ1n) is 9.69. The molecule has 0 bridgehead atoms. The molecule has 3 aromatic rings. The molecule has 158 valence electrons. The number of aromatic nitrogens is 2. The summed E-state index contributed by atoms with van der Waals surface area (Å²) in [5, 5.41) is 11.2. The molecule has 0 saturated heterocycles. The maximum atomic E-state index is 12.9. The summed E-state index contributed by atoms with van der Waals surface area (Å²) < 4.78 is 33.3. The number of benzene rings is 2. The van der Waals surface area contributed by atoms with Crippen molar-refractivity contribution in [3.05, 3.63) is 59.4 Å². The maximum absolute atomic E-state index is 12.9. The number of aliphatic hydroxyl groups excluding tert-OH is 1. The first-order valence-corrected chi connectivity index (χ1v) is 9.69. The van der Waals surface area contributed by atoms with Crippen molar-refractivity contribution in [2.75, 3.05) is 11.5 Å². The SMILES string of the molecule is CC(=O)N1c2c(ccc3c2nc(C)n3C)C(OCC(F)F)C(O)C1c1ccccc1. The van der Waals surface area contributed by atoms with Crippen molar-refractivity contribution < 1.29 is 23.4 Å². The van der Waals surface area contributed by atoms with Crippen LogP contribution in [0.2, 0.25) is 0 Å². The molecule has 3 atom stereocenters. The zero-order chi connectivity index (χ0) is 21.6. The largest absolute Gasteiger partial charge is 0.388 e. The Morgan fingerprint density at radius 2 is 1.93 bits per heavy atom. The number of ether oxygens (including phenoxy) is 1. The highest BCUT2D eigenvalue weighted by atomic mass is 19.3. The van der Waals surface area contributed by atoms with E-state index >= 15 is 0 Å². The molecule has 0 spiro atoms. The second-order valence-electron chi connectivity index (χ2n) is 7.47. The third kappa shape index (κ3) is 3.26. The van der Waals surface area contributed by atoms with Crippen LogP contribution < -0.4 is 4.90 Å². The monoisotopic (exact) mass is 415 g/mol. The number of hydrogen-bond acceptors (Lipinski definition) is 4. The molecule has 1 aliphatic heterocycles. The summed E-state index contributed by atoms with van der Waals surface area (Å²) >= 11 is 0. The van der Waals surface area contributed by atoms with Crippen LogP contribution in [0, 0.1) is 6.92 Å². The van der Waals surface area contributed by atoms with Gasteiger partial charge in [0, 0.05) is 19.5 Å². The molecule has 1 N–H and O–H groups in total. The molecular weight excluding hydrogens is 392 g/mol. The van der Waals surface area contributed by atoms with Crippen LogP contribution in [-0.2, 0) is 16.6 Å². The zero-order valence-corrected chi connectivity index (χ0v) is 16.9. The fraction of sp³-hybridized carbons (Fsp3) is 0.364. The molecule has 0 radical (unpaired) electrons. The number of hydrogen-bond donors (Lipinski definition) is 1. The molecule has 8 heteroatoms. The van der Waals surface area contributed by atoms with Gasteiger partial charge in [-0.2, -0.15) is 0 Å². The van der Waals surface area contributed by atoms with Crippen LogP contribution >= 0.6 is 0 Å². The van der Waals surface area contributed by atoms with Gasteiger partial charge in [-0.3, -0.25) is 9.69 Å². The predicted molar refractivity (Wildman–Crippen MR) is 108 cm³/mol. The van der Waals surface area contributed by atoms with Gasteiger partial charge in [-0.1, -0.05) is 36.4 Å². The van der Waals surface area contributed by atoms with Crippen LogP contribution in [0.15, 0.2) is 42.5 Å². The van der Waals surface area contributed by atoms with E-state index in [0.29, 0.717) is 22.3 Å². The van der Waals surface area contributed by atoms with Gasteiger partial charge >= 0.3 is 0 Å². The van der Waals surface area contributed by atoms with Crippen molar-refractivity contribution in [2.45, 2.75) is 38.5 Å². The average molecular weight is 415 g/mol. The average Bonchev–Trinajstić information content (AvgIpc) is 3.00. The third-order valence-electron chi connectivity index (χ3n) is 5.62. The van der Waals surface area contributed by atoms with Gasteiger partial charge in [0.1, 0.15) is 30.2 Å². The quantitative estimate of drug-likeness (QED) is 0.706. The summed E-state index contributed by atoms with van der Waals surface area (Å²) in [6.45, 7) is 2.45. The molecule has 0 fully saturated rings. The van der Waals surface area contributed by atoms with Gasteiger partial charge in [0.15, 0.2) is 0 Å². The second-order valence-corrected chi connectivity index (χ2v) is 7.47. The minimum Gasteiger partial charge on any atom is -0.388 e. The summed E-state index contributed by atoms with van der Waals surface area (Å²) in [5.41, 5.74) is 3.01. The van der Waals surface area contributed by atoms with E-state index in [1.165, 1.54) is 11.8 Å². The van der Waals surface area contributed by atoms with Gasteiger partial charge in [0.25, 0.3) is 6.43 Å². The van der Waals surface area contributed by atoms with E-state index in [2.05, 4.69) is 4.98 Å². The van der Waals surface area contributed by atoms with Crippen LogP contribution in [0.4, 0.5) is 14.5 Å². The smallest absolute Gasteiger partial charge is 0.261 e. The predicted octanol–water partition coefficient (Wildman–Crippen LogP) is 3.67. The lowest BCUT2D eigenvalue weighted by atomic mass is 9.86. The molecule has 0 saturated carbocycles. The minimum atomic E-state index is -2.68. The van der Waals surface area contributed by atoms with Crippen molar-refractivity contribution >= 4 is 22.6 Å². The zero-order valence-electron chi connectivity index (χ0n) is 16.9. The third-order valence-corrected chi connectivity index (χ3v) is 5.62. The van der Waals surface area contributed by atoms with Crippen LogP contribution in [0.25, 0.3) is 11.0 Å². The van der Waals surface area contributed by atoms with Gasteiger partial charge in [-0.25, -0.2) is 13.8 Å². The Balaban J connectivity index is 1.99. The lowest BCUT2D eigenvalue weighted by molar-refractivity contribution is -0.121. The van der Waals surface area contributed by atoms with E-state index in [9.17, 15) is 18.7 Å². The number of carbonyl (C=O) groups is 1.